The van der Waals surface area contributed by atoms with Gasteiger partial charge in [0.15, 0.2) is 11.8 Å². The number of alkyl halides is 3. The summed E-state index contributed by atoms with van der Waals surface area (Å²) in [5.41, 5.74) is 1.54. The van der Waals surface area contributed by atoms with Crippen molar-refractivity contribution in [3.05, 3.63) is 59.0 Å². The predicted molar refractivity (Wildman–Crippen MR) is 183 cm³/mol. The molecule has 0 unspecified atom stereocenters. The Kier molecular flexibility index (Phi) is 11.9. The van der Waals surface area contributed by atoms with Crippen LogP contribution >= 0.6 is 0 Å². The van der Waals surface area contributed by atoms with Crippen LogP contribution in [0.5, 0.6) is 0 Å². The maximum atomic E-state index is 13.6. The standard InChI is InChI=1S/C33H46F3N5O6SSi/c1-20(47-21(2)33(34,35)36)27(39-48(44)32(3,4)5)29-38-28-25(40(29)19-46-16-17-49(7,8)9)15-14-24(37-28)26(18-45-6)41-30(42)22-12-10-11-13-23(22)31(41)43/h10-15,20-21,26-27,39H,16-19H2,1-9H3/t20-,21-,26-,27+,48-/m1/s1. The van der Waals surface area contributed by atoms with Gasteiger partial charge in [0.05, 0.1) is 50.8 Å². The van der Waals surface area contributed by atoms with Gasteiger partial charge in [0.1, 0.15) is 24.6 Å². The van der Waals surface area contributed by atoms with Crippen molar-refractivity contribution in [3.8, 4) is 0 Å². The van der Waals surface area contributed by atoms with Crippen LogP contribution in [0.2, 0.25) is 25.7 Å². The minimum Gasteiger partial charge on any atom is -0.382 e. The van der Waals surface area contributed by atoms with Gasteiger partial charge in [0.2, 0.25) is 0 Å². The number of amides is 2. The van der Waals surface area contributed by atoms with Gasteiger partial charge < -0.3 is 18.8 Å². The van der Waals surface area contributed by atoms with E-state index in [1.807, 2.05) is 0 Å². The van der Waals surface area contributed by atoms with Crippen molar-refractivity contribution in [1.82, 2.24) is 24.2 Å². The number of halogens is 3. The first-order valence-corrected chi connectivity index (χ1v) is 20.9. The van der Waals surface area contributed by atoms with Crippen molar-refractivity contribution in [2.45, 2.75) is 102 Å². The second-order valence-electron chi connectivity index (χ2n) is 14.3. The SMILES string of the molecule is COC[C@H](c1ccc2c(n1)nc([C@@H](N[S@](=O)C(C)(C)C)[C@@H](C)O[C@H](C)C(F)(F)F)n2COCC[Si](C)(C)C)N1C(=O)c2ccccc2C1=O. The number of carbonyl (C=O) groups excluding carboxylic acids is 2. The molecule has 2 aromatic heterocycles. The highest BCUT2D eigenvalue weighted by atomic mass is 32.2. The van der Waals surface area contributed by atoms with Crippen LogP contribution in [0.25, 0.3) is 11.2 Å². The number of ether oxygens (including phenoxy) is 3. The molecule has 1 N–H and O–H groups in total. The van der Waals surface area contributed by atoms with Crippen molar-refractivity contribution in [2.24, 2.45) is 0 Å². The normalized spacial score (nSPS) is 17.3. The van der Waals surface area contributed by atoms with E-state index in [0.29, 0.717) is 17.8 Å². The zero-order valence-electron chi connectivity index (χ0n) is 29.4. The molecule has 5 atom stereocenters. The van der Waals surface area contributed by atoms with E-state index >= 15 is 0 Å². The molecule has 1 aliphatic heterocycles. The summed E-state index contributed by atoms with van der Waals surface area (Å²) in [6, 6.07) is 8.78. The van der Waals surface area contributed by atoms with Crippen LogP contribution in [-0.2, 0) is 31.9 Å². The molecule has 3 aromatic rings. The van der Waals surface area contributed by atoms with Crippen molar-refractivity contribution in [3.63, 3.8) is 0 Å². The highest BCUT2D eigenvalue weighted by Crippen LogP contribution is 2.34. The summed E-state index contributed by atoms with van der Waals surface area (Å²) in [6.07, 6.45) is -7.89. The Labute approximate surface area is 288 Å². The zero-order chi connectivity index (χ0) is 36.5. The molecule has 0 bridgehead atoms. The quantitative estimate of drug-likeness (QED) is 0.112. The summed E-state index contributed by atoms with van der Waals surface area (Å²) in [4.78, 5) is 37.4. The molecule has 0 fully saturated rings. The highest BCUT2D eigenvalue weighted by molar-refractivity contribution is 7.84. The van der Waals surface area contributed by atoms with E-state index in [0.717, 1.165) is 17.9 Å². The first-order chi connectivity index (χ1) is 22.7. The summed E-state index contributed by atoms with van der Waals surface area (Å²) in [7, 11) is -1.74. The van der Waals surface area contributed by atoms with E-state index in [9.17, 15) is 27.0 Å². The number of nitrogens with zero attached hydrogens (tertiary/aromatic N) is 4. The van der Waals surface area contributed by atoms with Gasteiger partial charge in [-0.2, -0.15) is 13.2 Å². The molecule has 0 aliphatic carbocycles. The van der Waals surface area contributed by atoms with E-state index in [1.54, 1.807) is 61.7 Å². The summed E-state index contributed by atoms with van der Waals surface area (Å²) < 4.78 is 75.1. The molecule has 0 saturated carbocycles. The topological polar surface area (TPSA) is 125 Å². The molecular formula is C33H46F3N5O6SSi. The molecule has 49 heavy (non-hydrogen) atoms. The summed E-state index contributed by atoms with van der Waals surface area (Å²) in [5, 5.41) is 0. The molecule has 3 heterocycles. The lowest BCUT2D eigenvalue weighted by Gasteiger charge is -2.30. The molecule has 0 spiro atoms. The lowest BCUT2D eigenvalue weighted by molar-refractivity contribution is -0.227. The lowest BCUT2D eigenvalue weighted by Crippen LogP contribution is -2.43. The molecule has 1 aliphatic rings. The maximum Gasteiger partial charge on any atom is 0.414 e. The Bertz CT molecular complexity index is 1650. The van der Waals surface area contributed by atoms with Crippen molar-refractivity contribution in [1.29, 1.82) is 0 Å². The number of imidazole rings is 1. The molecule has 0 saturated heterocycles. The number of fused-ring (bicyclic) bond motifs is 2. The van der Waals surface area contributed by atoms with Gasteiger partial charge in [-0.05, 0) is 64.9 Å². The fraction of sp³-hybridized carbons (Fsp3) is 0.576. The van der Waals surface area contributed by atoms with E-state index in [2.05, 4.69) is 24.4 Å². The number of methoxy groups -OCH3 is 1. The average Bonchev–Trinajstić information content (AvgIpc) is 3.48. The molecule has 2 amide bonds. The maximum absolute atomic E-state index is 13.6. The molecule has 0 radical (unpaired) electrons. The van der Waals surface area contributed by atoms with Crippen LogP contribution in [0, 0.1) is 0 Å². The van der Waals surface area contributed by atoms with Gasteiger partial charge >= 0.3 is 6.18 Å². The fourth-order valence-corrected chi connectivity index (χ4v) is 6.84. The monoisotopic (exact) mass is 725 g/mol. The van der Waals surface area contributed by atoms with Crippen molar-refractivity contribution >= 4 is 42.0 Å². The average molecular weight is 726 g/mol. The summed E-state index contributed by atoms with van der Waals surface area (Å²) >= 11 is 0. The number of nitrogens with one attached hydrogen (secondary N) is 1. The Morgan fingerprint density at radius 2 is 1.59 bits per heavy atom. The van der Waals surface area contributed by atoms with Gasteiger partial charge in [0, 0.05) is 21.8 Å². The van der Waals surface area contributed by atoms with Crippen molar-refractivity contribution < 1.29 is 41.2 Å². The van der Waals surface area contributed by atoms with Gasteiger partial charge in [0.25, 0.3) is 11.8 Å². The van der Waals surface area contributed by atoms with Gasteiger partial charge in [-0.1, -0.05) is 31.8 Å². The first kappa shape index (κ1) is 38.8. The highest BCUT2D eigenvalue weighted by Gasteiger charge is 2.42. The van der Waals surface area contributed by atoms with Crippen LogP contribution in [0.1, 0.15) is 78.9 Å². The Balaban J connectivity index is 1.82. The summed E-state index contributed by atoms with van der Waals surface area (Å²) in [5.74, 6) is -0.758. The number of hydrogen-bond donors (Lipinski definition) is 1. The summed E-state index contributed by atoms with van der Waals surface area (Å²) in [6.45, 7) is 14.6. The predicted octanol–water partition coefficient (Wildman–Crippen LogP) is 6.18. The second kappa shape index (κ2) is 15.1. The number of pyridine rings is 1. The molecule has 11 nitrogen and oxygen atoms in total. The number of hydrogen-bond acceptors (Lipinski definition) is 8. The molecule has 270 valence electrons. The van der Waals surface area contributed by atoms with Crippen molar-refractivity contribution in [2.75, 3.05) is 20.3 Å². The smallest absolute Gasteiger partial charge is 0.382 e. The van der Waals surface area contributed by atoms with Gasteiger partial charge in [-0.3, -0.25) is 14.5 Å². The largest absolute Gasteiger partial charge is 0.414 e. The third-order valence-corrected chi connectivity index (χ3v) is 11.4. The minimum absolute atomic E-state index is 0.0148. The van der Waals surface area contributed by atoms with Gasteiger partial charge in [-0.25, -0.2) is 18.9 Å². The van der Waals surface area contributed by atoms with E-state index in [-0.39, 0.29) is 35.9 Å². The van der Waals surface area contributed by atoms with Crippen LogP contribution < -0.4 is 4.72 Å². The third kappa shape index (κ3) is 9.02. The van der Waals surface area contributed by atoms with Crippen LogP contribution in [0.15, 0.2) is 36.4 Å². The number of benzene rings is 1. The van der Waals surface area contributed by atoms with Crippen LogP contribution in [0.3, 0.4) is 0 Å². The Morgan fingerprint density at radius 1 is 0.980 bits per heavy atom. The zero-order valence-corrected chi connectivity index (χ0v) is 31.2. The molecule has 1 aromatic carbocycles. The number of aromatic nitrogens is 3. The Morgan fingerprint density at radius 3 is 2.12 bits per heavy atom. The van der Waals surface area contributed by atoms with Crippen LogP contribution in [0.4, 0.5) is 13.2 Å². The number of imide groups is 1. The molecule has 4 rings (SSSR count). The molecular weight excluding hydrogens is 680 g/mol. The second-order valence-corrected chi connectivity index (χ2v) is 21.9. The number of carbonyl (C=O) groups is 2. The van der Waals surface area contributed by atoms with E-state index < -0.39 is 66.1 Å². The van der Waals surface area contributed by atoms with Crippen LogP contribution in [-0.4, -0.2) is 87.0 Å². The van der Waals surface area contributed by atoms with Gasteiger partial charge in [-0.15, -0.1) is 0 Å². The minimum atomic E-state index is -4.63. The first-order valence-electron chi connectivity index (χ1n) is 16.1. The third-order valence-electron chi connectivity index (χ3n) is 8.10. The van der Waals surface area contributed by atoms with E-state index in [1.165, 1.54) is 14.0 Å². The lowest BCUT2D eigenvalue weighted by atomic mass is 10.1. The Hall–Kier alpha value is -3.02. The molecule has 16 heteroatoms. The number of rotatable bonds is 15. The fourth-order valence-electron chi connectivity index (χ4n) is 5.20. The van der Waals surface area contributed by atoms with E-state index in [4.69, 9.17) is 24.2 Å².